The highest BCUT2D eigenvalue weighted by Gasteiger charge is 2.26. The molecule has 4 heteroatoms. The van der Waals surface area contributed by atoms with E-state index in [2.05, 4.69) is 0 Å². The summed E-state index contributed by atoms with van der Waals surface area (Å²) in [6.45, 7) is 1.78. The molecule has 0 saturated heterocycles. The van der Waals surface area contributed by atoms with Gasteiger partial charge in [-0.05, 0) is 24.1 Å². The van der Waals surface area contributed by atoms with Gasteiger partial charge in [-0.1, -0.05) is 36.2 Å². The second-order valence-corrected chi connectivity index (χ2v) is 4.46. The Morgan fingerprint density at radius 3 is 2.53 bits per heavy atom. The topological polar surface area (TPSA) is 26.0 Å². The van der Waals surface area contributed by atoms with E-state index in [1.807, 2.05) is 0 Å². The van der Waals surface area contributed by atoms with Gasteiger partial charge in [-0.25, -0.2) is 4.39 Å². The Hall–Kier alpha value is -0.310. The summed E-state index contributed by atoms with van der Waals surface area (Å²) in [5, 5.41) is 1.05. The minimum absolute atomic E-state index is 0.00244. The van der Waals surface area contributed by atoms with Crippen LogP contribution in [0.5, 0.6) is 0 Å². The lowest BCUT2D eigenvalue weighted by Gasteiger charge is -2.22. The Labute approximate surface area is 99.4 Å². The molecule has 1 rings (SSSR count). The van der Waals surface area contributed by atoms with Crippen LogP contribution in [-0.4, -0.2) is 12.2 Å². The lowest BCUT2D eigenvalue weighted by atomic mass is 9.94. The average Bonchev–Trinajstić information content (AvgIpc) is 2.22. The van der Waals surface area contributed by atoms with Crippen molar-refractivity contribution in [1.29, 1.82) is 0 Å². The highest BCUT2D eigenvalue weighted by atomic mass is 35.5. The number of hydrogen-bond donors (Lipinski definition) is 1. The molecule has 0 aliphatic carbocycles. The highest BCUT2D eigenvalue weighted by Crippen LogP contribution is 2.27. The van der Waals surface area contributed by atoms with Crippen LogP contribution in [0.3, 0.4) is 0 Å². The molecule has 0 aliphatic heterocycles. The monoisotopic (exact) mass is 249 g/mol. The molecule has 1 aromatic rings. The molecule has 0 saturated carbocycles. The van der Waals surface area contributed by atoms with Crippen molar-refractivity contribution >= 4 is 23.2 Å². The Bertz CT molecular complexity index is 337. The fourth-order valence-electron chi connectivity index (χ4n) is 1.35. The normalized spacial score (nSPS) is 15.0. The van der Waals surface area contributed by atoms with Gasteiger partial charge in [-0.2, -0.15) is 0 Å². The van der Waals surface area contributed by atoms with Crippen molar-refractivity contribution in [2.45, 2.75) is 25.4 Å². The van der Waals surface area contributed by atoms with Gasteiger partial charge in [-0.15, -0.1) is 0 Å². The average molecular weight is 250 g/mol. The first-order chi connectivity index (χ1) is 7.00. The molecule has 0 aromatic heterocycles. The predicted octanol–water partition coefficient (Wildman–Crippen LogP) is 3.61. The van der Waals surface area contributed by atoms with Gasteiger partial charge in [0.05, 0.1) is 0 Å². The van der Waals surface area contributed by atoms with Crippen molar-refractivity contribution in [3.05, 3.63) is 33.8 Å². The van der Waals surface area contributed by atoms with Gasteiger partial charge >= 0.3 is 0 Å². The fourth-order valence-corrected chi connectivity index (χ4v) is 1.82. The zero-order valence-electron chi connectivity index (χ0n) is 8.56. The lowest BCUT2D eigenvalue weighted by Crippen LogP contribution is -2.34. The molecule has 0 aliphatic rings. The predicted molar refractivity (Wildman–Crippen MR) is 63.4 cm³/mol. The standard InChI is InChI=1S/C11H14Cl2FN/c1-2-11(14,7-15)6-8-3-4-9(12)5-10(8)13/h3-5H,2,6-7,15H2,1H3. The van der Waals surface area contributed by atoms with Crippen molar-refractivity contribution < 1.29 is 4.39 Å². The minimum atomic E-state index is -1.38. The second-order valence-electron chi connectivity index (χ2n) is 3.62. The fraction of sp³-hybridized carbons (Fsp3) is 0.455. The molecular formula is C11H14Cl2FN. The van der Waals surface area contributed by atoms with E-state index in [9.17, 15) is 4.39 Å². The molecule has 1 unspecified atom stereocenters. The first-order valence-corrected chi connectivity index (χ1v) is 5.59. The van der Waals surface area contributed by atoms with Crippen LogP contribution in [0.1, 0.15) is 18.9 Å². The van der Waals surface area contributed by atoms with Gasteiger partial charge in [-0.3, -0.25) is 0 Å². The van der Waals surface area contributed by atoms with E-state index in [-0.39, 0.29) is 13.0 Å². The quantitative estimate of drug-likeness (QED) is 0.867. The Morgan fingerprint density at radius 2 is 2.07 bits per heavy atom. The van der Waals surface area contributed by atoms with Crippen LogP contribution in [0.4, 0.5) is 4.39 Å². The van der Waals surface area contributed by atoms with E-state index in [0.29, 0.717) is 16.5 Å². The van der Waals surface area contributed by atoms with Gasteiger partial charge in [0.1, 0.15) is 5.67 Å². The van der Waals surface area contributed by atoms with Crippen LogP contribution < -0.4 is 5.73 Å². The molecule has 0 spiro atoms. The summed E-state index contributed by atoms with van der Waals surface area (Å²) >= 11 is 11.7. The van der Waals surface area contributed by atoms with Gasteiger partial charge in [0, 0.05) is 23.0 Å². The molecule has 0 heterocycles. The number of nitrogens with two attached hydrogens (primary N) is 1. The minimum Gasteiger partial charge on any atom is -0.328 e. The first-order valence-electron chi connectivity index (χ1n) is 4.83. The van der Waals surface area contributed by atoms with Crippen molar-refractivity contribution in [1.82, 2.24) is 0 Å². The van der Waals surface area contributed by atoms with Crippen LogP contribution in [0.2, 0.25) is 10.0 Å². The molecule has 15 heavy (non-hydrogen) atoms. The van der Waals surface area contributed by atoms with Gasteiger partial charge in [0.2, 0.25) is 0 Å². The van der Waals surface area contributed by atoms with E-state index in [4.69, 9.17) is 28.9 Å². The van der Waals surface area contributed by atoms with E-state index in [1.165, 1.54) is 0 Å². The Balaban J connectivity index is 2.89. The zero-order valence-corrected chi connectivity index (χ0v) is 10.1. The van der Waals surface area contributed by atoms with Crippen LogP contribution >= 0.6 is 23.2 Å². The molecule has 0 radical (unpaired) electrons. The van der Waals surface area contributed by atoms with Gasteiger partial charge in [0.15, 0.2) is 0 Å². The molecule has 0 fully saturated rings. The summed E-state index contributed by atoms with van der Waals surface area (Å²) in [7, 11) is 0. The smallest absolute Gasteiger partial charge is 0.127 e. The molecule has 2 N–H and O–H groups in total. The van der Waals surface area contributed by atoms with Crippen LogP contribution in [0.15, 0.2) is 18.2 Å². The Kier molecular flexibility index (Phi) is 4.38. The van der Waals surface area contributed by atoms with Gasteiger partial charge in [0.25, 0.3) is 0 Å². The lowest BCUT2D eigenvalue weighted by molar-refractivity contribution is 0.167. The van der Waals surface area contributed by atoms with Crippen molar-refractivity contribution in [2.24, 2.45) is 5.73 Å². The summed E-state index contributed by atoms with van der Waals surface area (Å²) in [6.07, 6.45) is 0.610. The molecule has 0 bridgehead atoms. The third kappa shape index (κ3) is 3.33. The molecule has 84 valence electrons. The van der Waals surface area contributed by atoms with Crippen molar-refractivity contribution in [3.8, 4) is 0 Å². The molecule has 1 nitrogen and oxygen atoms in total. The summed E-state index contributed by atoms with van der Waals surface area (Å²) in [4.78, 5) is 0. The number of alkyl halides is 1. The maximum absolute atomic E-state index is 14.0. The summed E-state index contributed by atoms with van der Waals surface area (Å²) in [5.41, 5.74) is 4.77. The van der Waals surface area contributed by atoms with Crippen LogP contribution in [-0.2, 0) is 6.42 Å². The van der Waals surface area contributed by atoms with Crippen molar-refractivity contribution in [2.75, 3.05) is 6.54 Å². The third-order valence-corrected chi connectivity index (χ3v) is 3.11. The zero-order chi connectivity index (χ0) is 11.5. The van der Waals surface area contributed by atoms with E-state index >= 15 is 0 Å². The second kappa shape index (κ2) is 5.15. The maximum Gasteiger partial charge on any atom is 0.127 e. The molecular weight excluding hydrogens is 236 g/mol. The summed E-state index contributed by atoms with van der Waals surface area (Å²) in [5.74, 6) is 0. The molecule has 0 amide bonds. The Morgan fingerprint density at radius 1 is 1.40 bits per heavy atom. The number of hydrogen-bond acceptors (Lipinski definition) is 1. The SMILES string of the molecule is CCC(F)(CN)Cc1ccc(Cl)cc1Cl. The van der Waals surface area contributed by atoms with Gasteiger partial charge < -0.3 is 5.73 Å². The van der Waals surface area contributed by atoms with E-state index < -0.39 is 5.67 Å². The number of halogens is 3. The first kappa shape index (κ1) is 12.8. The third-order valence-electron chi connectivity index (χ3n) is 2.52. The summed E-state index contributed by atoms with van der Waals surface area (Å²) in [6, 6.07) is 5.06. The number of rotatable bonds is 4. The summed E-state index contributed by atoms with van der Waals surface area (Å²) < 4.78 is 14.0. The van der Waals surface area contributed by atoms with Crippen molar-refractivity contribution in [3.63, 3.8) is 0 Å². The largest absolute Gasteiger partial charge is 0.328 e. The van der Waals surface area contributed by atoms with E-state index in [1.54, 1.807) is 25.1 Å². The molecule has 1 atom stereocenters. The van der Waals surface area contributed by atoms with E-state index in [0.717, 1.165) is 5.56 Å². The van der Waals surface area contributed by atoms with Crippen LogP contribution in [0, 0.1) is 0 Å². The maximum atomic E-state index is 14.0. The van der Waals surface area contributed by atoms with Crippen LogP contribution in [0.25, 0.3) is 0 Å². The molecule has 1 aromatic carbocycles. The highest BCUT2D eigenvalue weighted by molar-refractivity contribution is 6.35. The number of benzene rings is 1.